The number of methoxy groups -OCH3 is 1. The molecule has 0 bridgehead atoms. The van der Waals surface area contributed by atoms with Gasteiger partial charge in [-0.25, -0.2) is 4.79 Å². The zero-order valence-electron chi connectivity index (χ0n) is 11.8. The fourth-order valence-corrected chi connectivity index (χ4v) is 2.54. The maximum Gasteiger partial charge on any atom is 0.456 e. The third kappa shape index (κ3) is 2.34. The van der Waals surface area contributed by atoms with Gasteiger partial charge in [-0.2, -0.15) is 13.2 Å². The van der Waals surface area contributed by atoms with Crippen LogP contribution in [0, 0.1) is 0 Å². The van der Waals surface area contributed by atoms with Crippen LogP contribution in [0.25, 0.3) is 16.4 Å². The molecule has 0 amide bonds. The molecule has 0 saturated carbocycles. The van der Waals surface area contributed by atoms with Crippen molar-refractivity contribution in [3.8, 4) is 0 Å². The average Bonchev–Trinajstić information content (AvgIpc) is 2.92. The van der Waals surface area contributed by atoms with Crippen molar-refractivity contribution in [3.05, 3.63) is 53.7 Å². The van der Waals surface area contributed by atoms with Gasteiger partial charge in [-0.15, -0.1) is 0 Å². The van der Waals surface area contributed by atoms with Gasteiger partial charge in [0.05, 0.1) is 23.7 Å². The average molecular weight is 321 g/mol. The summed E-state index contributed by atoms with van der Waals surface area (Å²) in [6.45, 7) is 0. The number of pyridine rings is 1. The number of carbonyl (C=O) groups is 2. The van der Waals surface area contributed by atoms with Crippen LogP contribution < -0.4 is 0 Å². The van der Waals surface area contributed by atoms with Gasteiger partial charge < -0.3 is 9.14 Å². The lowest BCUT2D eigenvalue weighted by atomic mass is 10.2. The van der Waals surface area contributed by atoms with E-state index in [2.05, 4.69) is 4.74 Å². The number of nitrogens with zero attached hydrogens (tertiary/aromatic N) is 1. The molecule has 4 nitrogen and oxygen atoms in total. The van der Waals surface area contributed by atoms with E-state index in [0.29, 0.717) is 10.9 Å². The molecule has 2 aromatic heterocycles. The predicted octanol–water partition coefficient (Wildman–Crippen LogP) is 3.62. The van der Waals surface area contributed by atoms with Crippen LogP contribution in [-0.4, -0.2) is 29.4 Å². The first-order valence-electron chi connectivity index (χ1n) is 6.57. The number of benzene rings is 1. The molecule has 0 aliphatic rings. The van der Waals surface area contributed by atoms with E-state index in [1.165, 1.54) is 6.07 Å². The number of aromatic nitrogens is 1. The summed E-state index contributed by atoms with van der Waals surface area (Å²) < 4.78 is 44.4. The number of esters is 1. The number of alkyl halides is 3. The molecule has 3 aromatic rings. The van der Waals surface area contributed by atoms with Crippen LogP contribution in [0.4, 0.5) is 13.2 Å². The Hall–Kier alpha value is -2.83. The smallest absolute Gasteiger partial charge is 0.456 e. The van der Waals surface area contributed by atoms with Gasteiger partial charge in [-0.05, 0) is 23.6 Å². The van der Waals surface area contributed by atoms with Gasteiger partial charge in [-0.1, -0.05) is 24.3 Å². The monoisotopic (exact) mass is 321 g/mol. The minimum atomic E-state index is -5.04. The van der Waals surface area contributed by atoms with Gasteiger partial charge in [0.2, 0.25) is 0 Å². The highest BCUT2D eigenvalue weighted by atomic mass is 19.4. The van der Waals surface area contributed by atoms with E-state index in [9.17, 15) is 22.8 Å². The number of Topliss-reactive ketones (excluding diaryl/α,β-unsaturated/α-hetero) is 1. The fraction of sp³-hybridized carbons (Fsp3) is 0.125. The standard InChI is InChI=1S/C16H10F3NO3/c1-23-15(22)10-8-13(14(21)16(17,18)19)20-11-5-3-2-4-9(11)6-7-12(10)20/h2-8H,1H3. The molecule has 0 fully saturated rings. The predicted molar refractivity (Wildman–Crippen MR) is 76.6 cm³/mol. The number of fused-ring (bicyclic) bond motifs is 3. The van der Waals surface area contributed by atoms with Crippen molar-refractivity contribution >= 4 is 28.2 Å². The second-order valence-corrected chi connectivity index (χ2v) is 4.87. The van der Waals surface area contributed by atoms with E-state index >= 15 is 0 Å². The number of para-hydroxylation sites is 1. The summed E-state index contributed by atoms with van der Waals surface area (Å²) in [5.74, 6) is -2.82. The molecule has 0 N–H and O–H groups in total. The highest BCUT2D eigenvalue weighted by Gasteiger charge is 2.41. The van der Waals surface area contributed by atoms with Crippen molar-refractivity contribution < 1.29 is 27.5 Å². The zero-order valence-corrected chi connectivity index (χ0v) is 11.8. The molecule has 3 rings (SSSR count). The molecule has 0 spiro atoms. The number of carbonyl (C=O) groups excluding carboxylic acids is 2. The lowest BCUT2D eigenvalue weighted by Crippen LogP contribution is -2.24. The number of halogens is 3. The second-order valence-electron chi connectivity index (χ2n) is 4.87. The van der Waals surface area contributed by atoms with Crippen LogP contribution in [0.3, 0.4) is 0 Å². The highest BCUT2D eigenvalue weighted by Crippen LogP contribution is 2.29. The normalized spacial score (nSPS) is 11.8. The lowest BCUT2D eigenvalue weighted by molar-refractivity contribution is -0.0888. The molecule has 0 aliphatic heterocycles. The first kappa shape index (κ1) is 15.1. The van der Waals surface area contributed by atoms with E-state index < -0.39 is 23.6 Å². The molecule has 0 radical (unpaired) electrons. The van der Waals surface area contributed by atoms with Crippen molar-refractivity contribution in [1.82, 2.24) is 4.40 Å². The van der Waals surface area contributed by atoms with Crippen molar-refractivity contribution in [2.45, 2.75) is 6.18 Å². The first-order chi connectivity index (χ1) is 10.8. The van der Waals surface area contributed by atoms with Crippen LogP contribution in [0.15, 0.2) is 42.5 Å². The van der Waals surface area contributed by atoms with Gasteiger partial charge in [0.25, 0.3) is 5.78 Å². The summed E-state index contributed by atoms with van der Waals surface area (Å²) in [6.07, 6.45) is -5.04. The van der Waals surface area contributed by atoms with E-state index in [-0.39, 0.29) is 11.1 Å². The van der Waals surface area contributed by atoms with Crippen LogP contribution in [0.1, 0.15) is 20.8 Å². The fourth-order valence-electron chi connectivity index (χ4n) is 2.54. The van der Waals surface area contributed by atoms with E-state index in [4.69, 9.17) is 0 Å². The molecular weight excluding hydrogens is 311 g/mol. The minimum absolute atomic E-state index is 0.0918. The third-order valence-corrected chi connectivity index (χ3v) is 3.53. The van der Waals surface area contributed by atoms with E-state index in [0.717, 1.165) is 17.6 Å². The molecule has 0 saturated heterocycles. The number of ketones is 1. The molecule has 1 aromatic carbocycles. The van der Waals surface area contributed by atoms with E-state index in [1.807, 2.05) is 0 Å². The Morgan fingerprint density at radius 2 is 1.74 bits per heavy atom. The molecule has 0 atom stereocenters. The molecule has 23 heavy (non-hydrogen) atoms. The quantitative estimate of drug-likeness (QED) is 0.535. The molecular formula is C16H10F3NO3. The highest BCUT2D eigenvalue weighted by molar-refractivity contribution is 6.07. The SMILES string of the molecule is COC(=O)c1cc(C(=O)C(F)(F)F)n2c1ccc1ccccc12. The summed E-state index contributed by atoms with van der Waals surface area (Å²) in [4.78, 5) is 23.6. The first-order valence-corrected chi connectivity index (χ1v) is 6.57. The summed E-state index contributed by atoms with van der Waals surface area (Å²) in [5, 5.41) is 0.642. The second kappa shape index (κ2) is 5.12. The Morgan fingerprint density at radius 1 is 1.04 bits per heavy atom. The van der Waals surface area contributed by atoms with Crippen molar-refractivity contribution in [3.63, 3.8) is 0 Å². The van der Waals surface area contributed by atoms with Crippen LogP contribution in [0.2, 0.25) is 0 Å². The van der Waals surface area contributed by atoms with Crippen molar-refractivity contribution in [2.24, 2.45) is 0 Å². The summed E-state index contributed by atoms with van der Waals surface area (Å²) in [7, 11) is 1.12. The minimum Gasteiger partial charge on any atom is -0.465 e. The van der Waals surface area contributed by atoms with Gasteiger partial charge in [0, 0.05) is 0 Å². The largest absolute Gasteiger partial charge is 0.465 e. The summed E-state index contributed by atoms with van der Waals surface area (Å²) in [6, 6.07) is 10.7. The Morgan fingerprint density at radius 3 is 2.39 bits per heavy atom. The molecule has 118 valence electrons. The molecule has 0 unspecified atom stereocenters. The molecule has 2 heterocycles. The Balaban J connectivity index is 2.45. The third-order valence-electron chi connectivity index (χ3n) is 3.53. The number of hydrogen-bond acceptors (Lipinski definition) is 3. The number of hydrogen-bond donors (Lipinski definition) is 0. The van der Waals surface area contributed by atoms with Gasteiger partial charge >= 0.3 is 12.1 Å². The van der Waals surface area contributed by atoms with Crippen molar-refractivity contribution in [2.75, 3.05) is 7.11 Å². The lowest BCUT2D eigenvalue weighted by Gasteiger charge is -2.08. The van der Waals surface area contributed by atoms with Gasteiger partial charge in [0.1, 0.15) is 5.69 Å². The number of rotatable bonds is 2. The van der Waals surface area contributed by atoms with E-state index in [1.54, 1.807) is 30.3 Å². The summed E-state index contributed by atoms with van der Waals surface area (Å²) >= 11 is 0. The van der Waals surface area contributed by atoms with Gasteiger partial charge in [0.15, 0.2) is 0 Å². The van der Waals surface area contributed by atoms with Gasteiger partial charge in [-0.3, -0.25) is 4.79 Å². The van der Waals surface area contributed by atoms with Crippen molar-refractivity contribution in [1.29, 1.82) is 0 Å². The maximum atomic E-state index is 12.9. The topological polar surface area (TPSA) is 47.8 Å². The summed E-state index contributed by atoms with van der Waals surface area (Å²) in [5.41, 5.74) is -0.133. The molecule has 0 aliphatic carbocycles. The Bertz CT molecular complexity index is 941. The molecule has 7 heteroatoms. The zero-order chi connectivity index (χ0) is 16.8. The Kier molecular flexibility index (Phi) is 3.35. The van der Waals surface area contributed by atoms with Crippen LogP contribution in [-0.2, 0) is 4.74 Å². The number of ether oxygens (including phenoxy) is 1. The maximum absolute atomic E-state index is 12.9. The van der Waals surface area contributed by atoms with Crippen LogP contribution in [0.5, 0.6) is 0 Å². The Labute approximate surface area is 128 Å². The van der Waals surface area contributed by atoms with Crippen LogP contribution >= 0.6 is 0 Å².